The number of carbonyl (C=O) groups excluding carboxylic acids is 1. The fourth-order valence-electron chi connectivity index (χ4n) is 2.34. The number of hydrazine groups is 1. The Morgan fingerprint density at radius 1 is 1.19 bits per heavy atom. The predicted molar refractivity (Wildman–Crippen MR) is 73.9 cm³/mol. The van der Waals surface area contributed by atoms with Gasteiger partial charge in [0, 0.05) is 25.8 Å². The van der Waals surface area contributed by atoms with Crippen LogP contribution in [0.25, 0.3) is 0 Å². The zero-order valence-corrected chi connectivity index (χ0v) is 11.8. The lowest BCUT2D eigenvalue weighted by atomic mass is 10.1. The van der Waals surface area contributed by atoms with E-state index in [-0.39, 0.29) is 5.56 Å². The Kier molecular flexibility index (Phi) is 4.72. The second-order valence-electron chi connectivity index (χ2n) is 5.00. The molecule has 0 unspecified atom stereocenters. The number of nitrogens with zero attached hydrogens (tertiary/aromatic N) is 1. The molecular weight excluding hydrogens is 283 g/mol. The highest BCUT2D eigenvalue weighted by molar-refractivity contribution is 5.99. The normalized spacial score (nSPS) is 16.6. The van der Waals surface area contributed by atoms with E-state index in [1.807, 2.05) is 0 Å². The van der Waals surface area contributed by atoms with Gasteiger partial charge >= 0.3 is 6.18 Å². The first-order valence-corrected chi connectivity index (χ1v) is 6.87. The number of anilines is 1. The van der Waals surface area contributed by atoms with Gasteiger partial charge in [-0.1, -0.05) is 6.42 Å². The van der Waals surface area contributed by atoms with Gasteiger partial charge in [0.25, 0.3) is 5.91 Å². The minimum atomic E-state index is -4.47. The maximum Gasteiger partial charge on any atom is 0.416 e. The topological polar surface area (TPSA) is 44.4 Å². The fourth-order valence-corrected chi connectivity index (χ4v) is 2.34. The molecule has 2 N–H and O–H groups in total. The summed E-state index contributed by atoms with van der Waals surface area (Å²) in [5.41, 5.74) is 2.22. The van der Waals surface area contributed by atoms with Gasteiger partial charge in [-0.05, 0) is 31.0 Å². The van der Waals surface area contributed by atoms with Gasteiger partial charge in [0.05, 0.1) is 11.1 Å². The number of carbonyl (C=O) groups is 1. The Morgan fingerprint density at radius 2 is 1.86 bits per heavy atom. The van der Waals surface area contributed by atoms with Gasteiger partial charge in [-0.15, -0.1) is 0 Å². The lowest BCUT2D eigenvalue weighted by Crippen LogP contribution is -2.45. The number of hydrogen-bond acceptors (Lipinski definition) is 3. The molecule has 1 aromatic rings. The molecule has 1 aromatic carbocycles. The van der Waals surface area contributed by atoms with E-state index in [4.69, 9.17) is 0 Å². The molecule has 0 saturated carbocycles. The number of amides is 1. The third kappa shape index (κ3) is 3.87. The standard InChI is InChI=1S/C14H18F3N3O/c1-18-12-6-5-10(14(15,16)17)9-11(12)13(21)19-20-7-3-2-4-8-20/h5-6,9,18H,2-4,7-8H2,1H3,(H,19,21). The van der Waals surface area contributed by atoms with E-state index in [0.717, 1.165) is 44.5 Å². The molecular formula is C14H18F3N3O. The largest absolute Gasteiger partial charge is 0.416 e. The molecule has 0 bridgehead atoms. The van der Waals surface area contributed by atoms with Crippen LogP contribution in [0.1, 0.15) is 35.2 Å². The predicted octanol–water partition coefficient (Wildman–Crippen LogP) is 2.88. The van der Waals surface area contributed by atoms with Crippen molar-refractivity contribution in [3.63, 3.8) is 0 Å². The fraction of sp³-hybridized carbons (Fsp3) is 0.500. The van der Waals surface area contributed by atoms with E-state index in [0.29, 0.717) is 5.69 Å². The van der Waals surface area contributed by atoms with Crippen LogP contribution in [0.2, 0.25) is 0 Å². The second-order valence-corrected chi connectivity index (χ2v) is 5.00. The van der Waals surface area contributed by atoms with Crippen LogP contribution in [-0.2, 0) is 6.18 Å². The summed E-state index contributed by atoms with van der Waals surface area (Å²) < 4.78 is 38.3. The molecule has 0 aromatic heterocycles. The third-order valence-electron chi connectivity index (χ3n) is 3.48. The number of rotatable bonds is 3. The van der Waals surface area contributed by atoms with Gasteiger partial charge in [0.1, 0.15) is 0 Å². The van der Waals surface area contributed by atoms with Crippen LogP contribution in [-0.4, -0.2) is 31.1 Å². The van der Waals surface area contributed by atoms with Crippen molar-refractivity contribution in [1.82, 2.24) is 10.4 Å². The number of benzene rings is 1. The van der Waals surface area contributed by atoms with Crippen molar-refractivity contribution < 1.29 is 18.0 Å². The Labute approximate surface area is 121 Å². The molecule has 1 fully saturated rings. The monoisotopic (exact) mass is 301 g/mol. The summed E-state index contributed by atoms with van der Waals surface area (Å²) in [5, 5.41) is 4.50. The summed E-state index contributed by atoms with van der Waals surface area (Å²) in [6.07, 6.45) is -1.41. The van der Waals surface area contributed by atoms with Crippen molar-refractivity contribution in [2.75, 3.05) is 25.5 Å². The van der Waals surface area contributed by atoms with Crippen LogP contribution >= 0.6 is 0 Å². The minimum Gasteiger partial charge on any atom is -0.387 e. The second kappa shape index (κ2) is 6.34. The van der Waals surface area contributed by atoms with Crippen LogP contribution in [0.3, 0.4) is 0 Å². The average molecular weight is 301 g/mol. The molecule has 21 heavy (non-hydrogen) atoms. The highest BCUT2D eigenvalue weighted by atomic mass is 19.4. The van der Waals surface area contributed by atoms with Crippen LogP contribution in [0.15, 0.2) is 18.2 Å². The zero-order chi connectivity index (χ0) is 15.5. The SMILES string of the molecule is CNc1ccc(C(F)(F)F)cc1C(=O)NN1CCCCC1. The Balaban J connectivity index is 2.21. The number of alkyl halides is 3. The quantitative estimate of drug-likeness (QED) is 0.902. The minimum absolute atomic E-state index is 0.00195. The first-order valence-electron chi connectivity index (χ1n) is 6.87. The summed E-state index contributed by atoms with van der Waals surface area (Å²) in [6.45, 7) is 1.44. The number of hydrogen-bond donors (Lipinski definition) is 2. The van der Waals surface area contributed by atoms with Crippen LogP contribution < -0.4 is 10.7 Å². The van der Waals surface area contributed by atoms with Gasteiger partial charge < -0.3 is 5.32 Å². The number of nitrogens with one attached hydrogen (secondary N) is 2. The lowest BCUT2D eigenvalue weighted by molar-refractivity contribution is -0.137. The molecule has 1 amide bonds. The maximum absolute atomic E-state index is 12.8. The summed E-state index contributed by atoms with van der Waals surface area (Å²) in [5.74, 6) is -0.521. The molecule has 1 heterocycles. The molecule has 0 radical (unpaired) electrons. The number of halogens is 3. The molecule has 2 rings (SSSR count). The first-order chi connectivity index (χ1) is 9.91. The van der Waals surface area contributed by atoms with Gasteiger partial charge in [-0.25, -0.2) is 5.01 Å². The van der Waals surface area contributed by atoms with Crippen molar-refractivity contribution in [1.29, 1.82) is 0 Å². The molecule has 1 aliphatic rings. The van der Waals surface area contributed by atoms with E-state index in [1.54, 1.807) is 12.1 Å². The molecule has 0 spiro atoms. The summed E-state index contributed by atoms with van der Waals surface area (Å²) >= 11 is 0. The van der Waals surface area contributed by atoms with Gasteiger partial charge in [0.2, 0.25) is 0 Å². The van der Waals surface area contributed by atoms with E-state index in [9.17, 15) is 18.0 Å². The number of piperidine rings is 1. The van der Waals surface area contributed by atoms with E-state index in [2.05, 4.69) is 10.7 Å². The Bertz CT molecular complexity index is 511. The summed E-state index contributed by atoms with van der Waals surface area (Å²) in [4.78, 5) is 12.2. The lowest BCUT2D eigenvalue weighted by Gasteiger charge is -2.27. The molecule has 1 aliphatic heterocycles. The maximum atomic E-state index is 12.8. The molecule has 7 heteroatoms. The Morgan fingerprint density at radius 3 is 2.43 bits per heavy atom. The van der Waals surface area contributed by atoms with Crippen LogP contribution in [0, 0.1) is 0 Å². The van der Waals surface area contributed by atoms with Crippen molar-refractivity contribution in [3.8, 4) is 0 Å². The smallest absolute Gasteiger partial charge is 0.387 e. The Hall–Kier alpha value is -1.76. The zero-order valence-electron chi connectivity index (χ0n) is 11.8. The van der Waals surface area contributed by atoms with Crippen molar-refractivity contribution >= 4 is 11.6 Å². The van der Waals surface area contributed by atoms with Crippen molar-refractivity contribution in [3.05, 3.63) is 29.3 Å². The van der Waals surface area contributed by atoms with Crippen molar-refractivity contribution in [2.24, 2.45) is 0 Å². The molecule has 4 nitrogen and oxygen atoms in total. The average Bonchev–Trinajstić information content (AvgIpc) is 2.46. The summed E-state index contributed by atoms with van der Waals surface area (Å²) in [7, 11) is 1.57. The van der Waals surface area contributed by atoms with E-state index >= 15 is 0 Å². The first kappa shape index (κ1) is 15.6. The van der Waals surface area contributed by atoms with Crippen molar-refractivity contribution in [2.45, 2.75) is 25.4 Å². The van der Waals surface area contributed by atoms with E-state index in [1.165, 1.54) is 6.07 Å². The molecule has 0 aliphatic carbocycles. The van der Waals surface area contributed by atoms with Crippen LogP contribution in [0.5, 0.6) is 0 Å². The molecule has 0 atom stereocenters. The summed E-state index contributed by atoms with van der Waals surface area (Å²) in [6, 6.07) is 3.11. The van der Waals surface area contributed by atoms with E-state index < -0.39 is 17.6 Å². The molecule has 1 saturated heterocycles. The van der Waals surface area contributed by atoms with Crippen LogP contribution in [0.4, 0.5) is 18.9 Å². The highest BCUT2D eigenvalue weighted by Crippen LogP contribution is 2.31. The molecule has 116 valence electrons. The third-order valence-corrected chi connectivity index (χ3v) is 3.48. The highest BCUT2D eigenvalue weighted by Gasteiger charge is 2.32. The van der Waals surface area contributed by atoms with Gasteiger partial charge in [0.15, 0.2) is 0 Å². The van der Waals surface area contributed by atoms with Gasteiger partial charge in [-0.2, -0.15) is 13.2 Å². The van der Waals surface area contributed by atoms with Gasteiger partial charge in [-0.3, -0.25) is 10.2 Å².